The molecule has 5 nitrogen and oxygen atoms in total. The quantitative estimate of drug-likeness (QED) is 0.822. The summed E-state index contributed by atoms with van der Waals surface area (Å²) in [5, 5.41) is 4.93. The summed E-state index contributed by atoms with van der Waals surface area (Å²) in [6, 6.07) is 2.97. The summed E-state index contributed by atoms with van der Waals surface area (Å²) >= 11 is 11.2. The maximum absolute atomic E-state index is 10.4. The molecule has 0 radical (unpaired) electrons. The van der Waals surface area contributed by atoms with Crippen molar-refractivity contribution in [3.05, 3.63) is 28.0 Å². The molecule has 0 fully saturated rings. The third-order valence-corrected chi connectivity index (χ3v) is 2.25. The zero-order chi connectivity index (χ0) is 10.8. The van der Waals surface area contributed by atoms with Gasteiger partial charge in [-0.25, -0.2) is 10.1 Å². The average Bonchev–Trinajstić information content (AvgIpc) is 2.00. The van der Waals surface area contributed by atoms with Crippen LogP contribution in [0.5, 0.6) is 0 Å². The van der Waals surface area contributed by atoms with Crippen molar-refractivity contribution in [2.75, 3.05) is 0 Å². The minimum atomic E-state index is -3.97. The van der Waals surface area contributed by atoms with Crippen molar-refractivity contribution in [1.82, 2.24) is 4.98 Å². The van der Waals surface area contributed by atoms with E-state index in [2.05, 4.69) is 14.3 Å². The van der Waals surface area contributed by atoms with E-state index in [1.165, 1.54) is 12.1 Å². The van der Waals surface area contributed by atoms with Crippen molar-refractivity contribution in [1.29, 1.82) is 0 Å². The van der Waals surface area contributed by atoms with Crippen LogP contribution in [-0.4, -0.2) is 13.4 Å². The third-order valence-electron chi connectivity index (χ3n) is 1.27. The van der Waals surface area contributed by atoms with E-state index in [-0.39, 0.29) is 16.9 Å². The highest BCUT2D eigenvalue weighted by molar-refractivity contribution is 7.84. The molecule has 0 saturated heterocycles. The molecule has 0 aromatic carbocycles. The summed E-state index contributed by atoms with van der Waals surface area (Å²) in [7, 11) is -3.97. The number of nitrogens with two attached hydrogens (primary N) is 1. The molecule has 0 unspecified atom stereocenters. The largest absolute Gasteiger partial charge is 0.333 e. The smallest absolute Gasteiger partial charge is 0.253 e. The van der Waals surface area contributed by atoms with Crippen molar-refractivity contribution >= 4 is 33.5 Å². The lowest BCUT2D eigenvalue weighted by Gasteiger charge is -2.02. The topological polar surface area (TPSA) is 82.3 Å². The molecule has 2 N–H and O–H groups in total. The maximum Gasteiger partial charge on any atom is 0.333 e. The Balaban J connectivity index is 2.78. The number of aromatic nitrogens is 1. The zero-order valence-electron chi connectivity index (χ0n) is 6.78. The fraction of sp³-hybridized carbons (Fsp3) is 0.167. The Hall–Kier alpha value is -0.400. The number of pyridine rings is 1. The SMILES string of the molecule is NS(=O)(=O)OCc1ccc(Cl)nc1Cl. The molecule has 0 spiro atoms. The van der Waals surface area contributed by atoms with Crippen LogP contribution in [0, 0.1) is 0 Å². The van der Waals surface area contributed by atoms with Gasteiger partial charge in [0.25, 0.3) is 0 Å². The summed E-state index contributed by atoms with van der Waals surface area (Å²) < 4.78 is 25.2. The van der Waals surface area contributed by atoms with Crippen molar-refractivity contribution in [2.45, 2.75) is 6.61 Å². The van der Waals surface area contributed by atoms with Crippen LogP contribution in [0.4, 0.5) is 0 Å². The highest BCUT2D eigenvalue weighted by Crippen LogP contribution is 2.17. The molecule has 78 valence electrons. The Kier molecular flexibility index (Phi) is 3.68. The fourth-order valence-electron chi connectivity index (χ4n) is 0.694. The molecule has 0 aliphatic carbocycles. The normalized spacial score (nSPS) is 11.6. The second kappa shape index (κ2) is 4.41. The summed E-state index contributed by atoms with van der Waals surface area (Å²) in [5.41, 5.74) is 0.394. The second-order valence-electron chi connectivity index (χ2n) is 2.34. The standard InChI is InChI=1S/C6H6Cl2N2O3S/c7-5-2-1-4(6(8)10-5)3-13-14(9,11)12/h1-2H,3H2,(H2,9,11,12). The van der Waals surface area contributed by atoms with E-state index in [0.29, 0.717) is 5.56 Å². The molecule has 0 saturated carbocycles. The van der Waals surface area contributed by atoms with E-state index in [4.69, 9.17) is 23.2 Å². The minimum Gasteiger partial charge on any atom is -0.253 e. The lowest BCUT2D eigenvalue weighted by molar-refractivity contribution is 0.308. The Morgan fingerprint density at radius 2 is 2.07 bits per heavy atom. The number of halogens is 2. The Morgan fingerprint density at radius 3 is 2.57 bits per heavy atom. The van der Waals surface area contributed by atoms with Gasteiger partial charge in [-0.2, -0.15) is 8.42 Å². The molecule has 0 atom stereocenters. The van der Waals surface area contributed by atoms with E-state index in [0.717, 1.165) is 0 Å². The maximum atomic E-state index is 10.4. The number of hydrogen-bond donors (Lipinski definition) is 1. The molecule has 14 heavy (non-hydrogen) atoms. The highest BCUT2D eigenvalue weighted by Gasteiger charge is 2.07. The molecular weight excluding hydrogens is 251 g/mol. The van der Waals surface area contributed by atoms with Crippen LogP contribution in [0.3, 0.4) is 0 Å². The van der Waals surface area contributed by atoms with Crippen LogP contribution in [0.2, 0.25) is 10.3 Å². The number of nitrogens with zero attached hydrogens (tertiary/aromatic N) is 1. The van der Waals surface area contributed by atoms with E-state index in [1.807, 2.05) is 0 Å². The monoisotopic (exact) mass is 256 g/mol. The van der Waals surface area contributed by atoms with Crippen LogP contribution >= 0.6 is 23.2 Å². The van der Waals surface area contributed by atoms with Crippen molar-refractivity contribution in [2.24, 2.45) is 5.14 Å². The van der Waals surface area contributed by atoms with Gasteiger partial charge < -0.3 is 0 Å². The fourth-order valence-corrected chi connectivity index (χ4v) is 1.38. The van der Waals surface area contributed by atoms with Crippen LogP contribution in [0.1, 0.15) is 5.56 Å². The van der Waals surface area contributed by atoms with Gasteiger partial charge in [-0.05, 0) is 6.07 Å². The van der Waals surface area contributed by atoms with Crippen LogP contribution in [-0.2, 0) is 21.1 Å². The molecule has 1 rings (SSSR count). The highest BCUT2D eigenvalue weighted by atomic mass is 35.5. The summed E-state index contributed by atoms with van der Waals surface area (Å²) in [6.45, 7) is -0.262. The molecule has 1 aromatic rings. The first-order valence-corrected chi connectivity index (χ1v) is 5.59. The van der Waals surface area contributed by atoms with Crippen LogP contribution in [0.25, 0.3) is 0 Å². The van der Waals surface area contributed by atoms with Gasteiger partial charge in [-0.1, -0.05) is 29.3 Å². The molecule has 0 bridgehead atoms. The van der Waals surface area contributed by atoms with Gasteiger partial charge >= 0.3 is 10.3 Å². The Labute approximate surface area is 91.0 Å². The lowest BCUT2D eigenvalue weighted by Crippen LogP contribution is -2.15. The minimum absolute atomic E-state index is 0.0844. The summed E-state index contributed by atoms with van der Waals surface area (Å²) in [5.74, 6) is 0. The van der Waals surface area contributed by atoms with Crippen molar-refractivity contribution < 1.29 is 12.6 Å². The average molecular weight is 257 g/mol. The van der Waals surface area contributed by atoms with Crippen LogP contribution < -0.4 is 5.14 Å². The van der Waals surface area contributed by atoms with Gasteiger partial charge in [0.15, 0.2) is 0 Å². The van der Waals surface area contributed by atoms with E-state index >= 15 is 0 Å². The third kappa shape index (κ3) is 3.77. The molecule has 8 heteroatoms. The summed E-state index contributed by atoms with van der Waals surface area (Å²) in [6.07, 6.45) is 0. The lowest BCUT2D eigenvalue weighted by atomic mass is 10.3. The van der Waals surface area contributed by atoms with Gasteiger partial charge in [0.2, 0.25) is 0 Å². The Morgan fingerprint density at radius 1 is 1.43 bits per heavy atom. The van der Waals surface area contributed by atoms with E-state index < -0.39 is 10.3 Å². The molecular formula is C6H6Cl2N2O3S. The predicted octanol–water partition coefficient (Wildman–Crippen LogP) is 1.11. The number of rotatable bonds is 3. The first-order chi connectivity index (χ1) is 6.38. The molecule has 0 aliphatic heterocycles. The van der Waals surface area contributed by atoms with Gasteiger partial charge in [-0.15, -0.1) is 0 Å². The molecule has 0 aliphatic rings. The van der Waals surface area contributed by atoms with Crippen molar-refractivity contribution in [3.8, 4) is 0 Å². The zero-order valence-corrected chi connectivity index (χ0v) is 9.10. The Bertz CT molecular complexity index is 435. The molecule has 1 aromatic heterocycles. The van der Waals surface area contributed by atoms with Gasteiger partial charge in [0.05, 0.1) is 6.61 Å². The predicted molar refractivity (Wildman–Crippen MR) is 52.2 cm³/mol. The van der Waals surface area contributed by atoms with Gasteiger partial charge in [0, 0.05) is 5.56 Å². The summed E-state index contributed by atoms with van der Waals surface area (Å²) in [4.78, 5) is 3.69. The van der Waals surface area contributed by atoms with E-state index in [9.17, 15) is 8.42 Å². The first-order valence-electron chi connectivity index (χ1n) is 3.36. The first kappa shape index (κ1) is 11.7. The second-order valence-corrected chi connectivity index (χ2v) is 4.31. The molecule has 1 heterocycles. The van der Waals surface area contributed by atoms with Gasteiger partial charge in [-0.3, -0.25) is 4.18 Å². The van der Waals surface area contributed by atoms with Crippen molar-refractivity contribution in [3.63, 3.8) is 0 Å². The number of hydrogen-bond acceptors (Lipinski definition) is 4. The molecule has 0 amide bonds. The van der Waals surface area contributed by atoms with Gasteiger partial charge in [0.1, 0.15) is 10.3 Å². The van der Waals surface area contributed by atoms with Crippen LogP contribution in [0.15, 0.2) is 12.1 Å². The van der Waals surface area contributed by atoms with E-state index in [1.54, 1.807) is 0 Å².